The van der Waals surface area contributed by atoms with Crippen molar-refractivity contribution in [2.75, 3.05) is 6.61 Å². The molecule has 3 amide bonds. The quantitative estimate of drug-likeness (QED) is 0.802. The van der Waals surface area contributed by atoms with Crippen LogP contribution in [0.3, 0.4) is 0 Å². The summed E-state index contributed by atoms with van der Waals surface area (Å²) in [6.45, 7) is 5.48. The number of urea groups is 1. The number of esters is 1. The third-order valence-electron chi connectivity index (χ3n) is 5.07. The highest BCUT2D eigenvalue weighted by atomic mass is 16.5. The van der Waals surface area contributed by atoms with Gasteiger partial charge in [0.05, 0.1) is 6.20 Å². The number of hydrogen-bond acceptors (Lipinski definition) is 5. The molecular formula is C17H26N4O4. The first-order valence-electron chi connectivity index (χ1n) is 8.55. The number of aryl methyl sites for hydroxylation is 1. The number of rotatable bonds is 4. The van der Waals surface area contributed by atoms with Gasteiger partial charge in [0.2, 0.25) is 0 Å². The van der Waals surface area contributed by atoms with E-state index in [1.165, 1.54) is 10.9 Å². The van der Waals surface area contributed by atoms with Crippen molar-refractivity contribution in [1.29, 1.82) is 0 Å². The molecule has 0 saturated heterocycles. The Hall–Kier alpha value is -2.38. The molecule has 1 saturated carbocycles. The van der Waals surface area contributed by atoms with Crippen LogP contribution in [0.4, 0.5) is 4.79 Å². The van der Waals surface area contributed by atoms with E-state index in [2.05, 4.69) is 29.6 Å². The summed E-state index contributed by atoms with van der Waals surface area (Å²) in [7, 11) is 1.70. The van der Waals surface area contributed by atoms with Crippen LogP contribution < -0.4 is 10.6 Å². The smallest absolute Gasteiger partial charge is 0.342 e. The Bertz CT molecular complexity index is 655. The maximum atomic E-state index is 11.9. The first-order valence-corrected chi connectivity index (χ1v) is 8.55. The summed E-state index contributed by atoms with van der Waals surface area (Å²) < 4.78 is 6.47. The van der Waals surface area contributed by atoms with E-state index in [9.17, 15) is 14.4 Å². The Morgan fingerprint density at radius 3 is 2.68 bits per heavy atom. The van der Waals surface area contributed by atoms with Crippen molar-refractivity contribution in [3.8, 4) is 0 Å². The zero-order valence-electron chi connectivity index (χ0n) is 15.2. The molecule has 0 spiro atoms. The van der Waals surface area contributed by atoms with E-state index < -0.39 is 24.5 Å². The molecule has 3 unspecified atom stereocenters. The third-order valence-corrected chi connectivity index (χ3v) is 5.07. The molecule has 1 aromatic rings. The van der Waals surface area contributed by atoms with E-state index in [-0.39, 0.29) is 6.04 Å². The van der Waals surface area contributed by atoms with Crippen LogP contribution in [0.25, 0.3) is 0 Å². The topological polar surface area (TPSA) is 102 Å². The van der Waals surface area contributed by atoms with Gasteiger partial charge in [-0.15, -0.1) is 0 Å². The van der Waals surface area contributed by atoms with Crippen molar-refractivity contribution in [2.24, 2.45) is 18.9 Å². The summed E-state index contributed by atoms with van der Waals surface area (Å²) in [6, 6.07) is -0.498. The number of nitrogens with zero attached hydrogens (tertiary/aromatic N) is 2. The van der Waals surface area contributed by atoms with Crippen molar-refractivity contribution in [1.82, 2.24) is 20.4 Å². The summed E-state index contributed by atoms with van der Waals surface area (Å²) in [6.07, 6.45) is 4.51. The highest BCUT2D eigenvalue weighted by Gasteiger charge is 2.28. The number of carbonyl (C=O) groups is 3. The minimum atomic E-state index is -0.663. The number of aromatic nitrogens is 2. The fourth-order valence-electron chi connectivity index (χ4n) is 3.06. The lowest BCUT2D eigenvalue weighted by molar-refractivity contribution is -0.123. The fourth-order valence-corrected chi connectivity index (χ4v) is 3.06. The molecule has 0 aromatic carbocycles. The van der Waals surface area contributed by atoms with Crippen molar-refractivity contribution in [3.63, 3.8) is 0 Å². The highest BCUT2D eigenvalue weighted by Crippen LogP contribution is 2.29. The molecule has 2 rings (SSSR count). The minimum Gasteiger partial charge on any atom is -0.452 e. The van der Waals surface area contributed by atoms with Gasteiger partial charge in [0.1, 0.15) is 5.56 Å². The lowest BCUT2D eigenvalue weighted by atomic mass is 9.78. The number of nitrogens with one attached hydrogen (secondary N) is 2. The lowest BCUT2D eigenvalue weighted by Gasteiger charge is -2.34. The van der Waals surface area contributed by atoms with E-state index >= 15 is 0 Å². The van der Waals surface area contributed by atoms with Gasteiger partial charge in [-0.3, -0.25) is 14.8 Å². The standard InChI is InChI=1S/C17H26N4O4/c1-10-6-5-7-14(11(10)2)19-17(24)20-15(22)9-25-16(23)13-8-18-21(4)12(13)3/h8,10-11,14H,5-7,9H2,1-4H3,(H2,19,20,22,24). The minimum absolute atomic E-state index is 0.0529. The van der Waals surface area contributed by atoms with Crippen LogP contribution in [0.15, 0.2) is 6.20 Å². The van der Waals surface area contributed by atoms with E-state index in [0.717, 1.165) is 19.3 Å². The molecule has 0 bridgehead atoms. The van der Waals surface area contributed by atoms with Gasteiger partial charge < -0.3 is 10.1 Å². The molecule has 1 aliphatic rings. The Labute approximate surface area is 147 Å². The van der Waals surface area contributed by atoms with Gasteiger partial charge in [0.25, 0.3) is 5.91 Å². The van der Waals surface area contributed by atoms with Gasteiger partial charge in [0.15, 0.2) is 6.61 Å². The second-order valence-electron chi connectivity index (χ2n) is 6.74. The van der Waals surface area contributed by atoms with Crippen LogP contribution in [0.1, 0.15) is 49.2 Å². The van der Waals surface area contributed by atoms with Crippen molar-refractivity contribution < 1.29 is 19.1 Å². The molecule has 0 aliphatic heterocycles. The molecule has 1 aliphatic carbocycles. The molecular weight excluding hydrogens is 324 g/mol. The molecule has 25 heavy (non-hydrogen) atoms. The van der Waals surface area contributed by atoms with Crippen molar-refractivity contribution >= 4 is 17.9 Å². The maximum Gasteiger partial charge on any atom is 0.342 e. The average molecular weight is 350 g/mol. The Kier molecular flexibility index (Phi) is 6.17. The van der Waals surface area contributed by atoms with Gasteiger partial charge in [-0.1, -0.05) is 26.7 Å². The number of ether oxygens (including phenoxy) is 1. The zero-order chi connectivity index (χ0) is 18.6. The molecule has 3 atom stereocenters. The van der Waals surface area contributed by atoms with Crippen molar-refractivity contribution in [3.05, 3.63) is 17.5 Å². The molecule has 2 N–H and O–H groups in total. The zero-order valence-corrected chi connectivity index (χ0v) is 15.2. The van der Waals surface area contributed by atoms with Gasteiger partial charge in [-0.2, -0.15) is 5.10 Å². The molecule has 1 aromatic heterocycles. The number of carbonyl (C=O) groups excluding carboxylic acids is 3. The fraction of sp³-hybridized carbons (Fsp3) is 0.647. The molecule has 1 heterocycles. The maximum absolute atomic E-state index is 11.9. The summed E-state index contributed by atoms with van der Waals surface area (Å²) in [5.74, 6) is -0.404. The van der Waals surface area contributed by atoms with Gasteiger partial charge >= 0.3 is 12.0 Å². The number of amides is 3. The van der Waals surface area contributed by atoms with Gasteiger partial charge in [-0.25, -0.2) is 9.59 Å². The van der Waals surface area contributed by atoms with Crippen LogP contribution in [-0.4, -0.2) is 40.3 Å². The van der Waals surface area contributed by atoms with Crippen LogP contribution in [-0.2, 0) is 16.6 Å². The highest BCUT2D eigenvalue weighted by molar-refractivity contribution is 5.97. The van der Waals surface area contributed by atoms with E-state index in [0.29, 0.717) is 23.1 Å². The normalized spacial score (nSPS) is 23.0. The summed E-state index contributed by atoms with van der Waals surface area (Å²) in [4.78, 5) is 35.7. The second-order valence-corrected chi connectivity index (χ2v) is 6.74. The Morgan fingerprint density at radius 1 is 1.32 bits per heavy atom. The lowest BCUT2D eigenvalue weighted by Crippen LogP contribution is -2.49. The molecule has 8 heteroatoms. The van der Waals surface area contributed by atoms with E-state index in [1.807, 2.05) is 0 Å². The molecule has 8 nitrogen and oxygen atoms in total. The Balaban J connectivity index is 1.77. The second kappa shape index (κ2) is 8.13. The SMILES string of the molecule is Cc1c(C(=O)OCC(=O)NC(=O)NC2CCCC(C)C2C)cnn1C. The monoisotopic (exact) mass is 350 g/mol. The Morgan fingerprint density at radius 2 is 2.04 bits per heavy atom. The predicted molar refractivity (Wildman–Crippen MR) is 90.9 cm³/mol. The molecule has 138 valence electrons. The molecule has 0 radical (unpaired) electrons. The number of imide groups is 1. The van der Waals surface area contributed by atoms with Gasteiger partial charge in [0, 0.05) is 18.8 Å². The summed E-state index contributed by atoms with van der Waals surface area (Å²) in [5.41, 5.74) is 0.938. The third kappa shape index (κ3) is 4.80. The van der Waals surface area contributed by atoms with Crippen molar-refractivity contribution in [2.45, 2.75) is 46.1 Å². The summed E-state index contributed by atoms with van der Waals surface area (Å²) in [5, 5.41) is 8.98. The van der Waals surface area contributed by atoms with E-state index in [1.54, 1.807) is 14.0 Å². The first-order chi connectivity index (χ1) is 11.8. The summed E-state index contributed by atoms with van der Waals surface area (Å²) >= 11 is 0. The van der Waals surface area contributed by atoms with Crippen LogP contribution in [0.2, 0.25) is 0 Å². The first kappa shape index (κ1) is 19.0. The number of hydrogen-bond donors (Lipinski definition) is 2. The van der Waals surface area contributed by atoms with Gasteiger partial charge in [-0.05, 0) is 25.2 Å². The molecule has 1 fully saturated rings. The van der Waals surface area contributed by atoms with Crippen LogP contribution >= 0.6 is 0 Å². The van der Waals surface area contributed by atoms with Crippen LogP contribution in [0.5, 0.6) is 0 Å². The largest absolute Gasteiger partial charge is 0.452 e. The van der Waals surface area contributed by atoms with Crippen LogP contribution in [0, 0.1) is 18.8 Å². The average Bonchev–Trinajstić information content (AvgIpc) is 2.89. The predicted octanol–water partition coefficient (Wildman–Crippen LogP) is 1.54. The van der Waals surface area contributed by atoms with E-state index in [4.69, 9.17) is 4.74 Å².